The molecule has 1 rings (SSSR count). The highest BCUT2D eigenvalue weighted by Crippen LogP contribution is 2.27. The molecule has 0 saturated carbocycles. The first-order valence-electron chi connectivity index (χ1n) is 7.58. The molecule has 0 amide bonds. The van der Waals surface area contributed by atoms with E-state index in [9.17, 15) is 0 Å². The Morgan fingerprint density at radius 1 is 0.947 bits per heavy atom. The summed E-state index contributed by atoms with van der Waals surface area (Å²) >= 11 is 0. The fourth-order valence-corrected chi connectivity index (χ4v) is 4.87. The lowest BCUT2D eigenvalue weighted by Gasteiger charge is -2.37. The average Bonchev–Trinajstić information content (AvgIpc) is 2.16. The Bertz CT molecular complexity index is 313. The van der Waals surface area contributed by atoms with E-state index < -0.39 is 16.6 Å². The molecule has 19 heavy (non-hydrogen) atoms. The van der Waals surface area contributed by atoms with Crippen molar-refractivity contribution in [2.75, 3.05) is 0 Å². The zero-order valence-corrected chi connectivity index (χ0v) is 15.9. The van der Waals surface area contributed by atoms with Crippen LogP contribution in [0, 0.1) is 0 Å². The Morgan fingerprint density at radius 3 is 2.00 bits per heavy atom. The molecule has 1 aliphatic carbocycles. The van der Waals surface area contributed by atoms with E-state index in [1.54, 1.807) is 0 Å². The number of allylic oxidation sites excluding steroid dienone is 1. The molecule has 0 aromatic rings. The molecule has 0 spiro atoms. The molecule has 0 fully saturated rings. The van der Waals surface area contributed by atoms with Gasteiger partial charge in [0, 0.05) is 0 Å². The van der Waals surface area contributed by atoms with Crippen LogP contribution in [0.1, 0.15) is 32.6 Å². The van der Waals surface area contributed by atoms with Crippen molar-refractivity contribution < 1.29 is 8.85 Å². The topological polar surface area (TPSA) is 18.5 Å². The van der Waals surface area contributed by atoms with Crippen LogP contribution < -0.4 is 0 Å². The van der Waals surface area contributed by atoms with Crippen LogP contribution in [-0.2, 0) is 8.85 Å². The lowest BCUT2D eigenvalue weighted by molar-refractivity contribution is 0.0363. The van der Waals surface area contributed by atoms with Crippen molar-refractivity contribution in [2.45, 2.75) is 84.1 Å². The SMILES string of the molecule is C/C1=C/CCCC(O[Si](C)(C)C)C(O[Si](C)(C)C)C1. The van der Waals surface area contributed by atoms with Crippen LogP contribution in [0.5, 0.6) is 0 Å². The first-order chi connectivity index (χ1) is 8.57. The van der Waals surface area contributed by atoms with E-state index in [0.717, 1.165) is 12.8 Å². The highest BCUT2D eigenvalue weighted by molar-refractivity contribution is 6.70. The van der Waals surface area contributed by atoms with Crippen LogP contribution in [-0.4, -0.2) is 28.8 Å². The summed E-state index contributed by atoms with van der Waals surface area (Å²) in [4.78, 5) is 0. The third kappa shape index (κ3) is 7.44. The van der Waals surface area contributed by atoms with E-state index in [1.165, 1.54) is 18.4 Å². The van der Waals surface area contributed by atoms with Crippen LogP contribution >= 0.6 is 0 Å². The van der Waals surface area contributed by atoms with E-state index in [1.807, 2.05) is 0 Å². The van der Waals surface area contributed by atoms with Gasteiger partial charge in [-0.05, 0) is 71.9 Å². The summed E-state index contributed by atoms with van der Waals surface area (Å²) in [5.74, 6) is 0. The predicted molar refractivity (Wildman–Crippen MR) is 88.7 cm³/mol. The first kappa shape index (κ1) is 17.1. The Kier molecular flexibility index (Phi) is 6.05. The molecule has 0 bridgehead atoms. The summed E-state index contributed by atoms with van der Waals surface area (Å²) in [6.45, 7) is 15.9. The molecule has 1 aliphatic rings. The van der Waals surface area contributed by atoms with E-state index >= 15 is 0 Å². The largest absolute Gasteiger partial charge is 0.412 e. The zero-order valence-electron chi connectivity index (χ0n) is 13.9. The normalized spacial score (nSPS) is 29.3. The van der Waals surface area contributed by atoms with Gasteiger partial charge in [-0.25, -0.2) is 0 Å². The van der Waals surface area contributed by atoms with Crippen LogP contribution in [0.2, 0.25) is 39.3 Å². The lowest BCUT2D eigenvalue weighted by Crippen LogP contribution is -2.45. The van der Waals surface area contributed by atoms with Gasteiger partial charge in [-0.1, -0.05) is 11.6 Å². The molecule has 4 heteroatoms. The highest BCUT2D eigenvalue weighted by atomic mass is 28.4. The molecule has 0 radical (unpaired) electrons. The summed E-state index contributed by atoms with van der Waals surface area (Å²) in [7, 11) is -3.03. The van der Waals surface area contributed by atoms with Crippen molar-refractivity contribution in [3.63, 3.8) is 0 Å². The molecule has 0 heterocycles. The van der Waals surface area contributed by atoms with Gasteiger partial charge in [0.25, 0.3) is 0 Å². The minimum atomic E-state index is -1.52. The molecule has 0 saturated heterocycles. The van der Waals surface area contributed by atoms with Crippen LogP contribution in [0.25, 0.3) is 0 Å². The number of hydrogen-bond donors (Lipinski definition) is 0. The Hall–Kier alpha value is 0.0938. The van der Waals surface area contributed by atoms with Crippen LogP contribution in [0.15, 0.2) is 11.6 Å². The maximum absolute atomic E-state index is 6.44. The van der Waals surface area contributed by atoms with Crippen molar-refractivity contribution in [1.82, 2.24) is 0 Å². The van der Waals surface area contributed by atoms with Crippen LogP contribution in [0.3, 0.4) is 0 Å². The van der Waals surface area contributed by atoms with Gasteiger partial charge < -0.3 is 8.85 Å². The Morgan fingerprint density at radius 2 is 1.47 bits per heavy atom. The van der Waals surface area contributed by atoms with Crippen molar-refractivity contribution >= 4 is 16.6 Å². The Balaban J connectivity index is 2.84. The predicted octanol–water partition coefficient (Wildman–Crippen LogP) is 4.95. The summed E-state index contributed by atoms with van der Waals surface area (Å²) in [6.07, 6.45) is 7.53. The third-order valence-corrected chi connectivity index (χ3v) is 5.15. The fourth-order valence-electron chi connectivity index (χ4n) is 2.55. The number of rotatable bonds is 4. The van der Waals surface area contributed by atoms with Crippen molar-refractivity contribution in [2.24, 2.45) is 0 Å². The van der Waals surface area contributed by atoms with E-state index in [-0.39, 0.29) is 6.10 Å². The highest BCUT2D eigenvalue weighted by Gasteiger charge is 2.32. The Labute approximate surface area is 121 Å². The van der Waals surface area contributed by atoms with Crippen molar-refractivity contribution in [3.8, 4) is 0 Å². The molecular formula is C15H32O2Si2. The maximum Gasteiger partial charge on any atom is 0.184 e. The van der Waals surface area contributed by atoms with Gasteiger partial charge in [0.1, 0.15) is 0 Å². The standard InChI is InChI=1S/C15H32O2Si2/c1-13-10-8-9-11-14(16-18(2,3)4)15(12-13)17-19(5,6)7/h10,14-15H,8-9,11-12H2,1-7H3/b13-10-. The van der Waals surface area contributed by atoms with E-state index in [4.69, 9.17) is 8.85 Å². The van der Waals surface area contributed by atoms with E-state index in [0.29, 0.717) is 6.10 Å². The third-order valence-electron chi connectivity index (χ3n) is 3.13. The molecular weight excluding hydrogens is 268 g/mol. The molecule has 0 aliphatic heterocycles. The second-order valence-corrected chi connectivity index (χ2v) is 16.6. The minimum absolute atomic E-state index is 0.259. The van der Waals surface area contributed by atoms with Crippen molar-refractivity contribution in [1.29, 1.82) is 0 Å². The summed E-state index contributed by atoms with van der Waals surface area (Å²) < 4.78 is 12.9. The smallest absolute Gasteiger partial charge is 0.184 e. The summed E-state index contributed by atoms with van der Waals surface area (Å²) in [5.41, 5.74) is 1.46. The summed E-state index contributed by atoms with van der Waals surface area (Å²) in [5, 5.41) is 0. The molecule has 0 aromatic heterocycles. The van der Waals surface area contributed by atoms with Gasteiger partial charge in [0.2, 0.25) is 0 Å². The molecule has 2 atom stereocenters. The second-order valence-electron chi connectivity index (χ2n) is 7.72. The lowest BCUT2D eigenvalue weighted by atomic mass is 9.96. The van der Waals surface area contributed by atoms with E-state index in [2.05, 4.69) is 52.3 Å². The minimum Gasteiger partial charge on any atom is -0.412 e. The maximum atomic E-state index is 6.44. The second kappa shape index (κ2) is 6.70. The quantitative estimate of drug-likeness (QED) is 0.540. The monoisotopic (exact) mass is 300 g/mol. The van der Waals surface area contributed by atoms with Crippen LogP contribution in [0.4, 0.5) is 0 Å². The first-order valence-corrected chi connectivity index (χ1v) is 14.4. The summed E-state index contributed by atoms with van der Waals surface area (Å²) in [6, 6.07) is 0. The van der Waals surface area contributed by atoms with Gasteiger partial charge in [0.15, 0.2) is 16.6 Å². The zero-order chi connectivity index (χ0) is 14.7. The molecule has 112 valence electrons. The van der Waals surface area contributed by atoms with Crippen molar-refractivity contribution in [3.05, 3.63) is 11.6 Å². The van der Waals surface area contributed by atoms with Gasteiger partial charge >= 0.3 is 0 Å². The van der Waals surface area contributed by atoms with Gasteiger partial charge in [-0.3, -0.25) is 0 Å². The molecule has 0 aromatic carbocycles. The van der Waals surface area contributed by atoms with Gasteiger partial charge in [-0.15, -0.1) is 0 Å². The fraction of sp³-hybridized carbons (Fsp3) is 0.867. The van der Waals surface area contributed by atoms with Gasteiger partial charge in [-0.2, -0.15) is 0 Å². The molecule has 2 unspecified atom stereocenters. The number of hydrogen-bond acceptors (Lipinski definition) is 2. The molecule has 0 N–H and O–H groups in total. The molecule has 2 nitrogen and oxygen atoms in total. The van der Waals surface area contributed by atoms with Gasteiger partial charge in [0.05, 0.1) is 12.2 Å². The average molecular weight is 301 g/mol.